The van der Waals surface area contributed by atoms with Crippen molar-refractivity contribution in [3.8, 4) is 34.6 Å². The molecule has 0 fully saturated rings. The molecule has 0 saturated heterocycles. The van der Waals surface area contributed by atoms with Gasteiger partial charge in [-0.05, 0) is 49.2 Å². The number of amides is 1. The lowest BCUT2D eigenvalue weighted by molar-refractivity contribution is 0.102. The molecule has 0 aliphatic carbocycles. The molecule has 0 aliphatic heterocycles. The number of aryl methyl sites for hydroxylation is 1. The third kappa shape index (κ3) is 5.54. The average Bonchev–Trinajstić information content (AvgIpc) is 2.89. The number of nitriles is 1. The molecular weight excluding hydrogens is 478 g/mol. The molecule has 9 heteroatoms. The molecule has 0 spiro atoms. The van der Waals surface area contributed by atoms with Crippen LogP contribution in [0.3, 0.4) is 0 Å². The number of hydrogen-bond donors (Lipinski definition) is 1. The Kier molecular flexibility index (Phi) is 7.39. The first-order chi connectivity index (χ1) is 17.8. The normalized spacial score (nSPS) is 10.6. The maximum Gasteiger partial charge on any atom is 0.263 e. The molecule has 1 amide bonds. The quantitative estimate of drug-likeness (QED) is 0.306. The summed E-state index contributed by atoms with van der Waals surface area (Å²) in [5.74, 6) is 0.0820. The summed E-state index contributed by atoms with van der Waals surface area (Å²) in [5.41, 5.74) is 3.41. The summed E-state index contributed by atoms with van der Waals surface area (Å²) in [6.07, 6.45) is 0.512. The fourth-order valence-corrected chi connectivity index (χ4v) is 3.77. The summed E-state index contributed by atoms with van der Waals surface area (Å²) in [4.78, 5) is 22.1. The van der Waals surface area contributed by atoms with Gasteiger partial charge in [-0.25, -0.2) is 13.8 Å². The second-order valence-electron chi connectivity index (χ2n) is 8.12. The minimum atomic E-state index is -2.59. The number of hydrogen-bond acceptors (Lipinski definition) is 6. The number of rotatable bonds is 7. The van der Waals surface area contributed by atoms with Gasteiger partial charge < -0.3 is 14.8 Å². The van der Waals surface area contributed by atoms with Gasteiger partial charge in [0.1, 0.15) is 5.56 Å². The standard InChI is InChI=1S/C28H22F2N4O3/c1-16-12-21(10-11-32-16)34-27(35)25-17(2)22(19-5-7-20(8-6-19)26(29)30)15-33-28(25)37-23-9-4-18(14-31)13-24(23)36-3/h4-13,15,26H,1-3H3,(H,32,34,35). The van der Waals surface area contributed by atoms with Crippen LogP contribution in [0, 0.1) is 25.2 Å². The van der Waals surface area contributed by atoms with Crippen molar-refractivity contribution in [1.82, 2.24) is 9.97 Å². The van der Waals surface area contributed by atoms with Gasteiger partial charge in [0.15, 0.2) is 11.5 Å². The van der Waals surface area contributed by atoms with Crippen LogP contribution >= 0.6 is 0 Å². The van der Waals surface area contributed by atoms with E-state index in [1.807, 2.05) is 6.07 Å². The van der Waals surface area contributed by atoms with E-state index in [9.17, 15) is 18.8 Å². The van der Waals surface area contributed by atoms with E-state index in [1.165, 1.54) is 31.5 Å². The molecule has 2 aromatic heterocycles. The average molecular weight is 501 g/mol. The number of halogens is 2. The maximum absolute atomic E-state index is 13.5. The van der Waals surface area contributed by atoms with Crippen molar-refractivity contribution in [3.63, 3.8) is 0 Å². The number of ether oxygens (including phenoxy) is 2. The zero-order valence-electron chi connectivity index (χ0n) is 20.3. The Morgan fingerprint density at radius 2 is 1.78 bits per heavy atom. The number of carbonyl (C=O) groups excluding carboxylic acids is 1. The maximum atomic E-state index is 13.5. The Morgan fingerprint density at radius 3 is 2.43 bits per heavy atom. The molecule has 1 N–H and O–H groups in total. The van der Waals surface area contributed by atoms with Crippen LogP contribution in [0.4, 0.5) is 14.5 Å². The van der Waals surface area contributed by atoms with Gasteiger partial charge in [-0.1, -0.05) is 24.3 Å². The number of nitrogens with zero attached hydrogens (tertiary/aromatic N) is 3. The van der Waals surface area contributed by atoms with Gasteiger partial charge in [0.2, 0.25) is 5.88 Å². The van der Waals surface area contributed by atoms with Gasteiger partial charge in [0, 0.05) is 41.0 Å². The van der Waals surface area contributed by atoms with Crippen molar-refractivity contribution >= 4 is 11.6 Å². The summed E-state index contributed by atoms with van der Waals surface area (Å²) < 4.78 is 37.5. The largest absolute Gasteiger partial charge is 0.493 e. The van der Waals surface area contributed by atoms with Crippen LogP contribution in [0.1, 0.15) is 39.2 Å². The van der Waals surface area contributed by atoms with E-state index in [-0.39, 0.29) is 22.8 Å². The van der Waals surface area contributed by atoms with Gasteiger partial charge in [-0.3, -0.25) is 9.78 Å². The first-order valence-electron chi connectivity index (χ1n) is 11.2. The van der Waals surface area contributed by atoms with Gasteiger partial charge in [0.25, 0.3) is 12.3 Å². The highest BCUT2D eigenvalue weighted by atomic mass is 19.3. The third-order valence-corrected chi connectivity index (χ3v) is 5.66. The number of nitrogens with one attached hydrogen (secondary N) is 1. The van der Waals surface area contributed by atoms with E-state index in [1.54, 1.807) is 56.4 Å². The highest BCUT2D eigenvalue weighted by molar-refractivity contribution is 6.08. The van der Waals surface area contributed by atoms with Crippen LogP contribution < -0.4 is 14.8 Å². The fourth-order valence-electron chi connectivity index (χ4n) is 3.77. The van der Waals surface area contributed by atoms with Crippen LogP contribution in [0.25, 0.3) is 11.1 Å². The Morgan fingerprint density at radius 1 is 1.03 bits per heavy atom. The highest BCUT2D eigenvalue weighted by Gasteiger charge is 2.23. The second-order valence-corrected chi connectivity index (χ2v) is 8.12. The predicted molar refractivity (Wildman–Crippen MR) is 134 cm³/mol. The van der Waals surface area contributed by atoms with E-state index in [0.29, 0.717) is 33.7 Å². The zero-order valence-corrected chi connectivity index (χ0v) is 20.3. The monoisotopic (exact) mass is 500 g/mol. The van der Waals surface area contributed by atoms with E-state index in [0.717, 1.165) is 5.69 Å². The lowest BCUT2D eigenvalue weighted by Gasteiger charge is -2.17. The predicted octanol–water partition coefficient (Wildman–Crippen LogP) is 6.62. The van der Waals surface area contributed by atoms with E-state index >= 15 is 0 Å². The van der Waals surface area contributed by atoms with Crippen molar-refractivity contribution in [2.75, 3.05) is 12.4 Å². The minimum Gasteiger partial charge on any atom is -0.493 e. The Balaban J connectivity index is 1.80. The molecule has 0 bridgehead atoms. The molecule has 0 aliphatic rings. The molecule has 2 aromatic carbocycles. The molecule has 0 atom stereocenters. The molecule has 4 aromatic rings. The highest BCUT2D eigenvalue weighted by Crippen LogP contribution is 2.37. The molecule has 186 valence electrons. The van der Waals surface area contributed by atoms with Gasteiger partial charge in [-0.15, -0.1) is 0 Å². The number of benzene rings is 2. The number of methoxy groups -OCH3 is 1. The summed E-state index contributed by atoms with van der Waals surface area (Å²) in [6.45, 7) is 3.53. The second kappa shape index (κ2) is 10.8. The summed E-state index contributed by atoms with van der Waals surface area (Å²) >= 11 is 0. The molecule has 37 heavy (non-hydrogen) atoms. The first-order valence-corrected chi connectivity index (χ1v) is 11.2. The van der Waals surface area contributed by atoms with Crippen LogP contribution in [0.2, 0.25) is 0 Å². The Bertz CT molecular complexity index is 1500. The minimum absolute atomic E-state index is 0.0109. The topological polar surface area (TPSA) is 97.1 Å². The lowest BCUT2D eigenvalue weighted by atomic mass is 9.97. The molecule has 0 radical (unpaired) electrons. The van der Waals surface area contributed by atoms with Gasteiger partial charge in [-0.2, -0.15) is 5.26 Å². The Labute approximate surface area is 212 Å². The zero-order chi connectivity index (χ0) is 26.5. The van der Waals surface area contributed by atoms with E-state index in [4.69, 9.17) is 9.47 Å². The number of anilines is 1. The molecule has 2 heterocycles. The Hall–Kier alpha value is -4.84. The van der Waals surface area contributed by atoms with Crippen molar-refractivity contribution in [3.05, 3.63) is 94.9 Å². The number of carbonyl (C=O) groups is 1. The SMILES string of the molecule is COc1cc(C#N)ccc1Oc1ncc(-c2ccc(C(F)F)cc2)c(C)c1C(=O)Nc1ccnc(C)c1. The number of pyridine rings is 2. The lowest BCUT2D eigenvalue weighted by Crippen LogP contribution is -2.16. The number of aromatic nitrogens is 2. The van der Waals surface area contributed by atoms with Gasteiger partial charge >= 0.3 is 0 Å². The third-order valence-electron chi connectivity index (χ3n) is 5.66. The molecule has 7 nitrogen and oxygen atoms in total. The fraction of sp³-hybridized carbons (Fsp3) is 0.143. The first kappa shape index (κ1) is 25.3. The molecule has 0 saturated carbocycles. The summed E-state index contributed by atoms with van der Waals surface area (Å²) in [7, 11) is 1.44. The summed E-state index contributed by atoms with van der Waals surface area (Å²) in [6, 6.07) is 15.8. The molecule has 4 rings (SSSR count). The van der Waals surface area contributed by atoms with Gasteiger partial charge in [0.05, 0.1) is 18.7 Å². The summed E-state index contributed by atoms with van der Waals surface area (Å²) in [5, 5.41) is 12.0. The van der Waals surface area contributed by atoms with Crippen LogP contribution in [0.15, 0.2) is 67.0 Å². The van der Waals surface area contributed by atoms with Crippen molar-refractivity contribution in [2.24, 2.45) is 0 Å². The van der Waals surface area contributed by atoms with E-state index < -0.39 is 12.3 Å². The van der Waals surface area contributed by atoms with Crippen LogP contribution in [0.5, 0.6) is 17.4 Å². The van der Waals surface area contributed by atoms with Crippen molar-refractivity contribution < 1.29 is 23.0 Å². The van der Waals surface area contributed by atoms with Crippen LogP contribution in [-0.4, -0.2) is 23.0 Å². The van der Waals surface area contributed by atoms with Crippen LogP contribution in [-0.2, 0) is 0 Å². The molecular formula is C28H22F2N4O3. The smallest absolute Gasteiger partial charge is 0.263 e. The van der Waals surface area contributed by atoms with E-state index in [2.05, 4.69) is 15.3 Å². The number of alkyl halides is 2. The van der Waals surface area contributed by atoms with Crippen molar-refractivity contribution in [1.29, 1.82) is 5.26 Å². The molecule has 0 unspecified atom stereocenters. The van der Waals surface area contributed by atoms with Crippen molar-refractivity contribution in [2.45, 2.75) is 20.3 Å².